The Bertz CT molecular complexity index is 1790. The van der Waals surface area contributed by atoms with E-state index >= 15 is 0 Å². The molecule has 1 aliphatic rings. The second kappa shape index (κ2) is 13.5. The summed E-state index contributed by atoms with van der Waals surface area (Å²) in [5, 5.41) is 20.5. The molecule has 2 aromatic carbocycles. The van der Waals surface area contributed by atoms with Gasteiger partial charge in [-0.1, -0.05) is 10.4 Å². The van der Waals surface area contributed by atoms with E-state index < -0.39 is 20.0 Å². The van der Waals surface area contributed by atoms with Crippen molar-refractivity contribution in [3.8, 4) is 0 Å². The summed E-state index contributed by atoms with van der Waals surface area (Å²) in [5.74, 6) is 0.0304. The minimum absolute atomic E-state index is 0.0152. The third kappa shape index (κ3) is 8.54. The van der Waals surface area contributed by atoms with E-state index in [1.165, 1.54) is 24.3 Å². The third-order valence-corrected chi connectivity index (χ3v) is 9.20. The van der Waals surface area contributed by atoms with Crippen LogP contribution < -0.4 is 9.44 Å². The molecule has 0 amide bonds. The Morgan fingerprint density at radius 2 is 0.848 bits per heavy atom. The van der Waals surface area contributed by atoms with E-state index in [1.807, 2.05) is 0 Å². The smallest absolute Gasteiger partial charge is 0.264 e. The van der Waals surface area contributed by atoms with Crippen LogP contribution in [0.3, 0.4) is 0 Å². The minimum Gasteiger partial charge on any atom is -0.275 e. The van der Waals surface area contributed by atoms with Gasteiger partial charge in [0.05, 0.1) is 47.3 Å². The molecule has 240 valence electrons. The zero-order valence-electron chi connectivity index (χ0n) is 25.5. The van der Waals surface area contributed by atoms with Crippen molar-refractivity contribution in [2.75, 3.05) is 35.6 Å². The van der Waals surface area contributed by atoms with Crippen LogP contribution in [0.5, 0.6) is 0 Å². The molecule has 0 spiro atoms. The molecule has 18 heteroatoms. The van der Waals surface area contributed by atoms with Crippen LogP contribution in [-0.2, 0) is 20.0 Å². The summed E-state index contributed by atoms with van der Waals surface area (Å²) >= 11 is 0. The van der Waals surface area contributed by atoms with Gasteiger partial charge in [0.2, 0.25) is 11.9 Å². The molecule has 1 saturated heterocycles. The third-order valence-electron chi connectivity index (χ3n) is 6.52. The maximum Gasteiger partial charge on any atom is 0.264 e. The van der Waals surface area contributed by atoms with E-state index in [0.717, 1.165) is 0 Å². The van der Waals surface area contributed by atoms with Crippen molar-refractivity contribution in [1.29, 1.82) is 0 Å². The Morgan fingerprint density at radius 3 is 1.15 bits per heavy atom. The van der Waals surface area contributed by atoms with Crippen LogP contribution in [0.1, 0.15) is 22.8 Å². The molecule has 46 heavy (non-hydrogen) atoms. The molecule has 1 aliphatic heterocycles. The van der Waals surface area contributed by atoms with Gasteiger partial charge in [-0.3, -0.25) is 10.0 Å². The van der Waals surface area contributed by atoms with Gasteiger partial charge in [-0.05, 0) is 88.4 Å². The van der Waals surface area contributed by atoms with E-state index in [4.69, 9.17) is 0 Å². The molecular formula is C28H32N12O4S2. The number of hydrogen-bond acceptors (Lipinski definition) is 12. The number of aryl methyl sites for hydroxylation is 4. The summed E-state index contributed by atoms with van der Waals surface area (Å²) < 4.78 is 55.8. The average molecular weight is 665 g/mol. The summed E-state index contributed by atoms with van der Waals surface area (Å²) in [6.45, 7) is 9.21. The predicted molar refractivity (Wildman–Crippen MR) is 170 cm³/mol. The molecule has 2 N–H and O–H groups in total. The van der Waals surface area contributed by atoms with Gasteiger partial charge in [-0.15, -0.1) is 10.2 Å². The Morgan fingerprint density at radius 1 is 0.543 bits per heavy atom. The minimum atomic E-state index is -3.87. The summed E-state index contributed by atoms with van der Waals surface area (Å²) in [6, 6.07) is 15.5. The fourth-order valence-electron chi connectivity index (χ4n) is 4.38. The lowest BCUT2D eigenvalue weighted by molar-refractivity contribution is 0.126. The van der Waals surface area contributed by atoms with Crippen molar-refractivity contribution in [3.63, 3.8) is 0 Å². The highest BCUT2D eigenvalue weighted by Crippen LogP contribution is 2.21. The van der Waals surface area contributed by atoms with Gasteiger partial charge in [-0.25, -0.2) is 46.2 Å². The van der Waals surface area contributed by atoms with Crippen molar-refractivity contribution in [3.05, 3.63) is 83.4 Å². The molecule has 5 rings (SSSR count). The fourth-order valence-corrected chi connectivity index (χ4v) is 6.27. The molecule has 16 nitrogen and oxygen atoms in total. The number of piperazine rings is 1. The number of aromatic nitrogens is 4. The molecule has 0 aliphatic carbocycles. The van der Waals surface area contributed by atoms with Gasteiger partial charge < -0.3 is 0 Å². The molecule has 0 atom stereocenters. The number of rotatable bonds is 10. The molecule has 3 heterocycles. The summed E-state index contributed by atoms with van der Waals surface area (Å²) in [4.78, 5) is 16.6. The SMILES string of the molecule is Cc1cc(C)nc(NS(=O)(=O)c2ccc(N=NN3CCN(N=Nc4ccc(S(=O)(=O)Nc5nc(C)cc(C)n5)cc4)CC3)cc2)n1. The fraction of sp³-hybridized carbons (Fsp3) is 0.286. The van der Waals surface area contributed by atoms with Crippen LogP contribution in [-0.4, -0.2) is 73.0 Å². The van der Waals surface area contributed by atoms with Gasteiger partial charge in [0.15, 0.2) is 0 Å². The Hall–Kier alpha value is -5.10. The molecule has 0 unspecified atom stereocenters. The first-order valence-electron chi connectivity index (χ1n) is 14.1. The van der Waals surface area contributed by atoms with Crippen molar-refractivity contribution in [2.24, 2.45) is 20.7 Å². The molecule has 2 aromatic heterocycles. The first-order valence-corrected chi connectivity index (χ1v) is 17.0. The highest BCUT2D eigenvalue weighted by atomic mass is 32.2. The van der Waals surface area contributed by atoms with Crippen LogP contribution in [0.4, 0.5) is 23.3 Å². The topological polar surface area (TPSA) is 200 Å². The van der Waals surface area contributed by atoms with E-state index in [9.17, 15) is 16.8 Å². The van der Waals surface area contributed by atoms with E-state index in [0.29, 0.717) is 60.3 Å². The molecule has 0 bridgehead atoms. The average Bonchev–Trinajstić information content (AvgIpc) is 2.98. The van der Waals surface area contributed by atoms with Crippen molar-refractivity contribution in [2.45, 2.75) is 37.5 Å². The number of nitrogens with one attached hydrogen (secondary N) is 2. The first-order chi connectivity index (χ1) is 21.8. The van der Waals surface area contributed by atoms with Crippen LogP contribution in [0.2, 0.25) is 0 Å². The maximum atomic E-state index is 12.7. The maximum absolute atomic E-state index is 12.7. The number of sulfonamides is 2. The van der Waals surface area contributed by atoms with Crippen LogP contribution in [0.15, 0.2) is 91.1 Å². The molecule has 0 saturated carbocycles. The van der Waals surface area contributed by atoms with Crippen LogP contribution in [0.25, 0.3) is 0 Å². The van der Waals surface area contributed by atoms with Gasteiger partial charge >= 0.3 is 0 Å². The molecule has 0 radical (unpaired) electrons. The lowest BCUT2D eigenvalue weighted by Gasteiger charge is -2.29. The molecule has 4 aromatic rings. The van der Waals surface area contributed by atoms with Gasteiger partial charge in [0.1, 0.15) is 0 Å². The first kappa shape index (κ1) is 32.3. The van der Waals surface area contributed by atoms with E-state index in [2.05, 4.69) is 50.1 Å². The van der Waals surface area contributed by atoms with E-state index in [-0.39, 0.29) is 21.7 Å². The molecular weight excluding hydrogens is 633 g/mol. The standard InChI is InChI=1S/C28H32N12O4S2/c1-19-17-20(2)30-27(29-19)35-45(41,42)25-9-5-23(6-10-25)33-37-39-13-15-40(16-14-39)38-34-24-7-11-26(12-8-24)46(43,44)36-28-31-21(3)18-22(4)32-28/h5-12,17-18H,13-16H2,1-4H3,(H,29,30,35)(H,31,32,36). The van der Waals surface area contributed by atoms with Gasteiger partial charge in [0, 0.05) is 22.8 Å². The second-order valence-corrected chi connectivity index (χ2v) is 13.8. The van der Waals surface area contributed by atoms with Crippen LogP contribution in [0, 0.1) is 27.7 Å². The predicted octanol–water partition coefficient (Wildman–Crippen LogP) is 4.42. The van der Waals surface area contributed by atoms with Crippen LogP contribution >= 0.6 is 0 Å². The highest BCUT2D eigenvalue weighted by molar-refractivity contribution is 7.93. The lowest BCUT2D eigenvalue weighted by Crippen LogP contribution is -2.40. The Balaban J connectivity index is 1.11. The summed E-state index contributed by atoms with van der Waals surface area (Å²) in [6.07, 6.45) is 0. The zero-order valence-corrected chi connectivity index (χ0v) is 27.2. The van der Waals surface area contributed by atoms with Crippen molar-refractivity contribution in [1.82, 2.24) is 30.0 Å². The Kier molecular flexibility index (Phi) is 9.47. The molecule has 1 fully saturated rings. The Labute approximate surface area is 266 Å². The monoisotopic (exact) mass is 664 g/mol. The second-order valence-electron chi connectivity index (χ2n) is 10.4. The van der Waals surface area contributed by atoms with Crippen molar-refractivity contribution >= 4 is 43.3 Å². The lowest BCUT2D eigenvalue weighted by atomic mass is 10.3. The van der Waals surface area contributed by atoms with Gasteiger partial charge in [0.25, 0.3) is 20.0 Å². The number of nitrogens with zero attached hydrogens (tertiary/aromatic N) is 10. The van der Waals surface area contributed by atoms with Crippen molar-refractivity contribution < 1.29 is 16.8 Å². The quantitative estimate of drug-likeness (QED) is 0.229. The number of benzene rings is 2. The largest absolute Gasteiger partial charge is 0.275 e. The van der Waals surface area contributed by atoms with Gasteiger partial charge in [-0.2, -0.15) is 0 Å². The highest BCUT2D eigenvalue weighted by Gasteiger charge is 2.18. The summed E-state index contributed by atoms with van der Waals surface area (Å²) in [7, 11) is -7.74. The van der Waals surface area contributed by atoms with E-state index in [1.54, 1.807) is 74.1 Å². The zero-order chi connectivity index (χ0) is 32.9. The number of anilines is 2. The summed E-state index contributed by atoms with van der Waals surface area (Å²) in [5.41, 5.74) is 3.61. The number of hydrogen-bond donors (Lipinski definition) is 2. The normalized spacial score (nSPS) is 14.3.